The number of aryl methyl sites for hydroxylation is 3. The SMILES string of the molecule is CCCC[S+](C)CC(=O)NNc1ccccc1CCc1cc[n+](C)c2ccccc12. The number of aromatic nitrogens is 1. The van der Waals surface area contributed by atoms with Crippen molar-refractivity contribution in [2.45, 2.75) is 32.6 Å². The minimum atomic E-state index is 0.0632. The molecule has 5 heteroatoms. The van der Waals surface area contributed by atoms with E-state index in [1.807, 2.05) is 12.1 Å². The van der Waals surface area contributed by atoms with Gasteiger partial charge < -0.3 is 0 Å². The highest BCUT2D eigenvalue weighted by Gasteiger charge is 2.16. The molecule has 0 saturated heterocycles. The molecular weight excluding hydrogens is 390 g/mol. The van der Waals surface area contributed by atoms with Crippen LogP contribution in [0.3, 0.4) is 0 Å². The summed E-state index contributed by atoms with van der Waals surface area (Å²) in [6, 6.07) is 18.9. The Bertz CT molecular complexity index is 989. The number of hydrogen-bond donors (Lipinski definition) is 2. The van der Waals surface area contributed by atoms with Crippen molar-refractivity contribution in [3.8, 4) is 0 Å². The molecule has 1 unspecified atom stereocenters. The van der Waals surface area contributed by atoms with Crippen LogP contribution in [0.1, 0.15) is 30.9 Å². The Kier molecular flexibility index (Phi) is 8.14. The van der Waals surface area contributed by atoms with E-state index < -0.39 is 0 Å². The fraction of sp³-hybridized carbons (Fsp3) is 0.360. The van der Waals surface area contributed by atoms with Crippen LogP contribution in [0.25, 0.3) is 10.9 Å². The first-order valence-electron chi connectivity index (χ1n) is 10.7. The van der Waals surface area contributed by atoms with Gasteiger partial charge in [-0.3, -0.25) is 15.6 Å². The number of nitrogens with zero attached hydrogens (tertiary/aromatic N) is 1. The molecule has 4 nitrogen and oxygen atoms in total. The number of pyridine rings is 1. The number of amides is 1. The lowest BCUT2D eigenvalue weighted by molar-refractivity contribution is -0.644. The Balaban J connectivity index is 1.62. The Morgan fingerprint density at radius 3 is 2.57 bits per heavy atom. The first kappa shape index (κ1) is 22.2. The van der Waals surface area contributed by atoms with Crippen molar-refractivity contribution in [1.29, 1.82) is 0 Å². The maximum Gasteiger partial charge on any atom is 0.288 e. The van der Waals surface area contributed by atoms with Crippen LogP contribution >= 0.6 is 0 Å². The lowest BCUT2D eigenvalue weighted by Gasteiger charge is -2.13. The number of nitrogens with one attached hydrogen (secondary N) is 2. The molecule has 158 valence electrons. The molecule has 3 aromatic rings. The van der Waals surface area contributed by atoms with E-state index in [9.17, 15) is 4.79 Å². The summed E-state index contributed by atoms with van der Waals surface area (Å²) in [5.41, 5.74) is 10.8. The van der Waals surface area contributed by atoms with E-state index in [1.54, 1.807) is 0 Å². The van der Waals surface area contributed by atoms with E-state index in [4.69, 9.17) is 0 Å². The third-order valence-corrected chi connectivity index (χ3v) is 7.11. The number of fused-ring (bicyclic) bond motifs is 1. The van der Waals surface area contributed by atoms with Gasteiger partial charge in [0.2, 0.25) is 5.52 Å². The zero-order chi connectivity index (χ0) is 21.3. The summed E-state index contributed by atoms with van der Waals surface area (Å²) >= 11 is 0. The van der Waals surface area contributed by atoms with Crippen molar-refractivity contribution in [2.24, 2.45) is 7.05 Å². The molecule has 0 aliphatic heterocycles. The second-order valence-electron chi connectivity index (χ2n) is 7.78. The quantitative estimate of drug-likeness (QED) is 0.295. The Hall–Kier alpha value is -2.53. The molecule has 0 aliphatic carbocycles. The smallest absolute Gasteiger partial charge is 0.288 e. The molecule has 0 fully saturated rings. The molecule has 0 saturated carbocycles. The maximum atomic E-state index is 12.3. The van der Waals surface area contributed by atoms with Gasteiger partial charge in [-0.1, -0.05) is 43.7 Å². The zero-order valence-corrected chi connectivity index (χ0v) is 19.1. The lowest BCUT2D eigenvalue weighted by Crippen LogP contribution is -2.35. The fourth-order valence-electron chi connectivity index (χ4n) is 3.63. The van der Waals surface area contributed by atoms with Gasteiger partial charge in [-0.05, 0) is 53.4 Å². The van der Waals surface area contributed by atoms with Crippen molar-refractivity contribution in [2.75, 3.05) is 23.2 Å². The predicted octanol–water partition coefficient (Wildman–Crippen LogP) is 3.94. The number of hydrazine groups is 1. The molecule has 3 rings (SSSR count). The standard InChI is InChI=1S/C25H32N3OS/c1-4-5-18-30(3)19-25(29)27-26-23-12-8-6-10-21(23)15-14-20-16-17-28(2)24-13-9-7-11-22(20)24/h6-13,16-17,26H,4-5,14-15,18-19H2,1-3H3/q+1/p+1. The minimum Gasteiger partial charge on any atom is -0.298 e. The summed E-state index contributed by atoms with van der Waals surface area (Å²) in [5, 5.41) is 1.29. The lowest BCUT2D eigenvalue weighted by atomic mass is 10.00. The highest BCUT2D eigenvalue weighted by molar-refractivity contribution is 7.96. The summed E-state index contributed by atoms with van der Waals surface area (Å²) in [5.74, 6) is 1.78. The van der Waals surface area contributed by atoms with Gasteiger partial charge in [-0.2, -0.15) is 0 Å². The molecule has 2 aromatic carbocycles. The highest BCUT2D eigenvalue weighted by atomic mass is 32.2. The summed E-state index contributed by atoms with van der Waals surface area (Å²) in [4.78, 5) is 12.3. The monoisotopic (exact) mass is 423 g/mol. The number of benzene rings is 2. The summed E-state index contributed by atoms with van der Waals surface area (Å²) in [6.45, 7) is 2.19. The van der Waals surface area contributed by atoms with Crippen molar-refractivity contribution >= 4 is 33.4 Å². The van der Waals surface area contributed by atoms with Crippen LogP contribution in [-0.4, -0.2) is 23.7 Å². The van der Waals surface area contributed by atoms with Crippen LogP contribution < -0.4 is 15.4 Å². The molecule has 1 atom stereocenters. The summed E-state index contributed by atoms with van der Waals surface area (Å²) < 4.78 is 2.16. The van der Waals surface area contributed by atoms with Crippen molar-refractivity contribution in [3.63, 3.8) is 0 Å². The van der Waals surface area contributed by atoms with Crippen LogP contribution in [0, 0.1) is 0 Å². The van der Waals surface area contributed by atoms with Crippen molar-refractivity contribution < 1.29 is 9.36 Å². The van der Waals surface area contributed by atoms with E-state index in [0.717, 1.165) is 24.3 Å². The Labute approximate surface area is 183 Å². The molecule has 0 spiro atoms. The van der Waals surface area contributed by atoms with Crippen LogP contribution in [-0.2, 0) is 35.6 Å². The zero-order valence-electron chi connectivity index (χ0n) is 18.3. The average Bonchev–Trinajstić information content (AvgIpc) is 2.76. The molecule has 0 bridgehead atoms. The summed E-state index contributed by atoms with van der Waals surface area (Å²) in [7, 11) is 2.22. The number of rotatable bonds is 10. The molecule has 1 heterocycles. The fourth-order valence-corrected chi connectivity index (χ4v) is 5.08. The van der Waals surface area contributed by atoms with Gasteiger partial charge in [0.1, 0.15) is 12.8 Å². The van der Waals surface area contributed by atoms with E-state index in [2.05, 4.69) is 84.3 Å². The van der Waals surface area contributed by atoms with Crippen molar-refractivity contribution in [1.82, 2.24) is 5.43 Å². The van der Waals surface area contributed by atoms with Crippen molar-refractivity contribution in [3.05, 3.63) is 71.9 Å². The number of anilines is 1. The van der Waals surface area contributed by atoms with E-state index in [0.29, 0.717) is 5.75 Å². The number of carbonyl (C=O) groups excluding carboxylic acids is 1. The van der Waals surface area contributed by atoms with Crippen LogP contribution in [0.2, 0.25) is 0 Å². The van der Waals surface area contributed by atoms with E-state index in [-0.39, 0.29) is 16.8 Å². The van der Waals surface area contributed by atoms with Gasteiger partial charge in [0.15, 0.2) is 11.9 Å². The van der Waals surface area contributed by atoms with Gasteiger partial charge in [0.25, 0.3) is 5.91 Å². The van der Waals surface area contributed by atoms with E-state index >= 15 is 0 Å². The highest BCUT2D eigenvalue weighted by Crippen LogP contribution is 2.20. The normalized spacial score (nSPS) is 12.0. The molecular formula is C25H33N3OS+2. The third kappa shape index (κ3) is 5.99. The van der Waals surface area contributed by atoms with Gasteiger partial charge in [0.05, 0.1) is 11.9 Å². The van der Waals surface area contributed by atoms with Crippen LogP contribution in [0.15, 0.2) is 60.8 Å². The number of unbranched alkanes of at least 4 members (excludes halogenated alkanes) is 1. The van der Waals surface area contributed by atoms with Gasteiger partial charge in [-0.25, -0.2) is 4.57 Å². The Morgan fingerprint density at radius 2 is 1.73 bits per heavy atom. The molecule has 0 aliphatic rings. The molecule has 30 heavy (non-hydrogen) atoms. The Morgan fingerprint density at radius 1 is 1.00 bits per heavy atom. The maximum absolute atomic E-state index is 12.3. The first-order chi connectivity index (χ1) is 14.6. The second-order valence-corrected chi connectivity index (χ2v) is 10.0. The van der Waals surface area contributed by atoms with Gasteiger partial charge in [0, 0.05) is 17.5 Å². The summed E-state index contributed by atoms with van der Waals surface area (Å²) in [6.07, 6.45) is 8.53. The van der Waals surface area contributed by atoms with Crippen LogP contribution in [0.4, 0.5) is 5.69 Å². The first-order valence-corrected chi connectivity index (χ1v) is 12.6. The molecule has 2 N–H and O–H groups in total. The molecule has 1 amide bonds. The largest absolute Gasteiger partial charge is 0.298 e. The molecule has 1 aromatic heterocycles. The van der Waals surface area contributed by atoms with Gasteiger partial charge >= 0.3 is 0 Å². The van der Waals surface area contributed by atoms with Gasteiger partial charge in [-0.15, -0.1) is 0 Å². The topological polar surface area (TPSA) is 45.0 Å². The van der Waals surface area contributed by atoms with E-state index in [1.165, 1.54) is 34.9 Å². The second kappa shape index (κ2) is 11.0. The van der Waals surface area contributed by atoms with Crippen LogP contribution in [0.5, 0.6) is 0 Å². The predicted molar refractivity (Wildman–Crippen MR) is 129 cm³/mol. The molecule has 0 radical (unpaired) electrons. The minimum absolute atomic E-state index is 0.0632. The number of carbonyl (C=O) groups is 1. The number of hydrogen-bond acceptors (Lipinski definition) is 2. The third-order valence-electron chi connectivity index (χ3n) is 5.37. The average molecular weight is 424 g/mol. The number of para-hydroxylation sites is 2.